The highest BCUT2D eigenvalue weighted by molar-refractivity contribution is 6.31. The maximum absolute atomic E-state index is 10.3. The van der Waals surface area contributed by atoms with Crippen LogP contribution in [-0.2, 0) is 6.42 Å². The fourth-order valence-corrected chi connectivity index (χ4v) is 2.26. The van der Waals surface area contributed by atoms with Crippen LogP contribution in [0.25, 0.3) is 0 Å². The van der Waals surface area contributed by atoms with Crippen molar-refractivity contribution in [1.82, 2.24) is 9.78 Å². The van der Waals surface area contributed by atoms with E-state index in [9.17, 15) is 5.11 Å². The number of hydrogen-bond donors (Lipinski definition) is 1. The van der Waals surface area contributed by atoms with Gasteiger partial charge in [0.05, 0.1) is 16.9 Å². The van der Waals surface area contributed by atoms with E-state index in [1.807, 2.05) is 44.2 Å². The summed E-state index contributed by atoms with van der Waals surface area (Å²) in [7, 11) is 0. The summed E-state index contributed by atoms with van der Waals surface area (Å²) in [5.74, 6) is 0. The maximum atomic E-state index is 10.3. The van der Waals surface area contributed by atoms with Crippen molar-refractivity contribution in [2.45, 2.75) is 32.4 Å². The van der Waals surface area contributed by atoms with Gasteiger partial charge >= 0.3 is 0 Å². The van der Waals surface area contributed by atoms with Gasteiger partial charge in [0.15, 0.2) is 0 Å². The van der Waals surface area contributed by atoms with E-state index in [0.717, 1.165) is 5.56 Å². The SMILES string of the molecule is CC(C)n1ncc(Cl)c1C(O)Cc1ccccc1. The molecule has 0 aliphatic carbocycles. The zero-order valence-electron chi connectivity index (χ0n) is 10.5. The van der Waals surface area contributed by atoms with Crippen LogP contribution >= 0.6 is 11.6 Å². The first kappa shape index (κ1) is 13.1. The number of nitrogens with zero attached hydrogens (tertiary/aromatic N) is 2. The van der Waals surface area contributed by atoms with Gasteiger partial charge < -0.3 is 5.11 Å². The highest BCUT2D eigenvalue weighted by Gasteiger charge is 2.19. The quantitative estimate of drug-likeness (QED) is 0.919. The second kappa shape index (κ2) is 5.55. The Balaban J connectivity index is 2.23. The first-order chi connectivity index (χ1) is 8.59. The number of aliphatic hydroxyl groups is 1. The Labute approximate surface area is 112 Å². The monoisotopic (exact) mass is 264 g/mol. The molecule has 0 spiro atoms. The number of aliphatic hydroxyl groups excluding tert-OH is 1. The molecule has 0 amide bonds. The van der Waals surface area contributed by atoms with Crippen LogP contribution in [0.4, 0.5) is 0 Å². The second-order valence-corrected chi connectivity index (χ2v) is 5.03. The minimum Gasteiger partial charge on any atom is -0.386 e. The van der Waals surface area contributed by atoms with E-state index >= 15 is 0 Å². The Morgan fingerprint density at radius 3 is 2.56 bits per heavy atom. The molecule has 96 valence electrons. The summed E-state index contributed by atoms with van der Waals surface area (Å²) in [5, 5.41) is 15.1. The summed E-state index contributed by atoms with van der Waals surface area (Å²) in [6, 6.07) is 10.0. The third-order valence-corrected chi connectivity index (χ3v) is 3.15. The lowest BCUT2D eigenvalue weighted by molar-refractivity contribution is 0.165. The zero-order chi connectivity index (χ0) is 13.1. The smallest absolute Gasteiger partial charge is 0.101 e. The second-order valence-electron chi connectivity index (χ2n) is 4.62. The lowest BCUT2D eigenvalue weighted by atomic mass is 10.1. The molecule has 0 aliphatic heterocycles. The summed E-state index contributed by atoms with van der Waals surface area (Å²) < 4.78 is 1.77. The van der Waals surface area contributed by atoms with Gasteiger partial charge in [-0.2, -0.15) is 5.10 Å². The van der Waals surface area contributed by atoms with E-state index in [4.69, 9.17) is 11.6 Å². The largest absolute Gasteiger partial charge is 0.386 e. The molecular formula is C14H17ClN2O. The van der Waals surface area contributed by atoms with Crippen molar-refractivity contribution in [2.24, 2.45) is 0 Å². The first-order valence-corrected chi connectivity index (χ1v) is 6.42. The van der Waals surface area contributed by atoms with Gasteiger partial charge in [-0.05, 0) is 19.4 Å². The molecule has 1 heterocycles. The minimum atomic E-state index is -0.634. The fraction of sp³-hybridized carbons (Fsp3) is 0.357. The number of halogens is 1. The van der Waals surface area contributed by atoms with Gasteiger partial charge in [0.25, 0.3) is 0 Å². The third-order valence-electron chi connectivity index (χ3n) is 2.86. The van der Waals surface area contributed by atoms with Crippen LogP contribution in [-0.4, -0.2) is 14.9 Å². The Hall–Kier alpha value is -1.32. The Morgan fingerprint density at radius 2 is 1.94 bits per heavy atom. The van der Waals surface area contributed by atoms with Gasteiger partial charge in [-0.1, -0.05) is 41.9 Å². The average Bonchev–Trinajstić information content (AvgIpc) is 2.72. The van der Waals surface area contributed by atoms with E-state index in [1.165, 1.54) is 0 Å². The molecule has 1 aromatic heterocycles. The normalized spacial score (nSPS) is 12.9. The molecule has 0 radical (unpaired) electrons. The van der Waals surface area contributed by atoms with Crippen LogP contribution in [0.1, 0.15) is 37.3 Å². The van der Waals surface area contributed by atoms with Crippen molar-refractivity contribution in [3.63, 3.8) is 0 Å². The molecule has 0 bridgehead atoms. The van der Waals surface area contributed by atoms with Crippen LogP contribution in [0.15, 0.2) is 36.5 Å². The summed E-state index contributed by atoms with van der Waals surface area (Å²) in [5.41, 5.74) is 1.77. The highest BCUT2D eigenvalue weighted by atomic mass is 35.5. The molecule has 0 saturated heterocycles. The van der Waals surface area contributed by atoms with Gasteiger partial charge in [0.1, 0.15) is 6.10 Å². The standard InChI is InChI=1S/C14H17ClN2O/c1-10(2)17-14(12(15)9-16-17)13(18)8-11-6-4-3-5-7-11/h3-7,9-10,13,18H,8H2,1-2H3. The van der Waals surface area contributed by atoms with Crippen molar-refractivity contribution in [3.05, 3.63) is 52.8 Å². The topological polar surface area (TPSA) is 38.0 Å². The van der Waals surface area contributed by atoms with Crippen molar-refractivity contribution in [1.29, 1.82) is 0 Å². The number of rotatable bonds is 4. The van der Waals surface area contributed by atoms with Crippen molar-refractivity contribution in [3.8, 4) is 0 Å². The predicted molar refractivity (Wildman–Crippen MR) is 72.7 cm³/mol. The Bertz CT molecular complexity index is 508. The van der Waals surface area contributed by atoms with E-state index in [2.05, 4.69) is 5.10 Å². The van der Waals surface area contributed by atoms with Crippen molar-refractivity contribution < 1.29 is 5.11 Å². The minimum absolute atomic E-state index is 0.179. The first-order valence-electron chi connectivity index (χ1n) is 6.04. The molecular weight excluding hydrogens is 248 g/mol. The number of aromatic nitrogens is 2. The number of benzene rings is 1. The van der Waals surface area contributed by atoms with Crippen LogP contribution < -0.4 is 0 Å². The van der Waals surface area contributed by atoms with Crippen LogP contribution in [0.2, 0.25) is 5.02 Å². The third kappa shape index (κ3) is 2.74. The molecule has 18 heavy (non-hydrogen) atoms. The zero-order valence-corrected chi connectivity index (χ0v) is 11.3. The summed E-state index contributed by atoms with van der Waals surface area (Å²) in [4.78, 5) is 0. The van der Waals surface area contributed by atoms with Crippen molar-refractivity contribution >= 4 is 11.6 Å². The summed E-state index contributed by atoms with van der Waals surface area (Å²) in [6.07, 6.45) is 1.49. The van der Waals surface area contributed by atoms with Gasteiger partial charge in [-0.15, -0.1) is 0 Å². The molecule has 0 fully saturated rings. The fourth-order valence-electron chi connectivity index (χ4n) is 2.01. The van der Waals surface area contributed by atoms with E-state index in [1.54, 1.807) is 10.9 Å². The molecule has 1 unspecified atom stereocenters. The molecule has 3 nitrogen and oxygen atoms in total. The molecule has 1 aromatic carbocycles. The van der Waals surface area contributed by atoms with Gasteiger partial charge in [0, 0.05) is 12.5 Å². The lowest BCUT2D eigenvalue weighted by Gasteiger charge is -2.16. The Morgan fingerprint density at radius 1 is 1.28 bits per heavy atom. The highest BCUT2D eigenvalue weighted by Crippen LogP contribution is 2.27. The average molecular weight is 265 g/mol. The van der Waals surface area contributed by atoms with Crippen LogP contribution in [0, 0.1) is 0 Å². The molecule has 0 aliphatic rings. The molecule has 2 aromatic rings. The summed E-state index contributed by atoms with van der Waals surface area (Å²) >= 11 is 6.11. The van der Waals surface area contributed by atoms with Gasteiger partial charge in [-0.3, -0.25) is 4.68 Å². The molecule has 2 rings (SSSR count). The summed E-state index contributed by atoms with van der Waals surface area (Å²) in [6.45, 7) is 4.03. The van der Waals surface area contributed by atoms with E-state index in [-0.39, 0.29) is 6.04 Å². The Kier molecular flexibility index (Phi) is 4.04. The van der Waals surface area contributed by atoms with E-state index in [0.29, 0.717) is 17.1 Å². The van der Waals surface area contributed by atoms with E-state index < -0.39 is 6.10 Å². The predicted octanol–water partition coefficient (Wildman–Crippen LogP) is 3.39. The molecule has 4 heteroatoms. The number of hydrogen-bond acceptors (Lipinski definition) is 2. The maximum Gasteiger partial charge on any atom is 0.101 e. The molecule has 0 saturated carbocycles. The van der Waals surface area contributed by atoms with Crippen LogP contribution in [0.3, 0.4) is 0 Å². The molecule has 1 atom stereocenters. The van der Waals surface area contributed by atoms with Crippen LogP contribution in [0.5, 0.6) is 0 Å². The van der Waals surface area contributed by atoms with Crippen molar-refractivity contribution in [2.75, 3.05) is 0 Å². The molecule has 1 N–H and O–H groups in total. The van der Waals surface area contributed by atoms with Gasteiger partial charge in [-0.25, -0.2) is 0 Å². The lowest BCUT2D eigenvalue weighted by Crippen LogP contribution is -2.13. The van der Waals surface area contributed by atoms with Gasteiger partial charge in [0.2, 0.25) is 0 Å².